The quantitative estimate of drug-likeness (QED) is 0.548. The molecule has 0 aliphatic heterocycles. The van der Waals surface area contributed by atoms with Crippen LogP contribution in [-0.2, 0) is 21.9 Å². The van der Waals surface area contributed by atoms with Crippen molar-refractivity contribution in [3.05, 3.63) is 30.0 Å². The van der Waals surface area contributed by atoms with Crippen molar-refractivity contribution >= 4 is 27.6 Å². The standard InChI is InChI=1S/C19H24N4O6S/c1-4-11(2)22-30(27,28)16-9-13(20-18(24)12-5-6-12)7-8-15(16)29-17-10-14(19(25)26)21-23(17)3/h7-12,22H,4-6H2,1-3H3,(H,20,24)(H,25,26)/t11-/m1/s1. The number of aryl methyl sites for hydroxylation is 1. The molecule has 1 aliphatic rings. The molecule has 1 heterocycles. The lowest BCUT2D eigenvalue weighted by Crippen LogP contribution is -2.32. The van der Waals surface area contributed by atoms with Gasteiger partial charge in [0.1, 0.15) is 10.6 Å². The molecule has 0 radical (unpaired) electrons. The van der Waals surface area contributed by atoms with Crippen LogP contribution in [-0.4, -0.2) is 41.2 Å². The molecule has 3 rings (SSSR count). The third-order valence-corrected chi connectivity index (χ3v) is 6.30. The lowest BCUT2D eigenvalue weighted by atomic mass is 10.3. The second-order valence-electron chi connectivity index (χ2n) is 7.25. The minimum absolute atomic E-state index is 0.0184. The maximum atomic E-state index is 13.0. The van der Waals surface area contributed by atoms with Gasteiger partial charge in [0.05, 0.1) is 0 Å². The van der Waals surface area contributed by atoms with Crippen molar-refractivity contribution in [2.75, 3.05) is 5.32 Å². The Hall–Kier alpha value is -2.92. The number of nitrogens with zero attached hydrogens (tertiary/aromatic N) is 2. The molecule has 1 aliphatic carbocycles. The number of aromatic carboxylic acids is 1. The number of amides is 1. The number of carbonyl (C=O) groups excluding carboxylic acids is 1. The van der Waals surface area contributed by atoms with Gasteiger partial charge in [0.25, 0.3) is 0 Å². The first kappa shape index (κ1) is 21.8. The number of aromatic nitrogens is 2. The summed E-state index contributed by atoms with van der Waals surface area (Å²) in [5, 5.41) is 15.6. The molecule has 3 N–H and O–H groups in total. The van der Waals surface area contributed by atoms with Crippen molar-refractivity contribution in [3.8, 4) is 11.6 Å². The van der Waals surface area contributed by atoms with Crippen molar-refractivity contribution in [1.29, 1.82) is 0 Å². The Morgan fingerprint density at radius 2 is 2.03 bits per heavy atom. The molecule has 0 saturated heterocycles. The van der Waals surface area contributed by atoms with E-state index in [0.717, 1.165) is 12.8 Å². The van der Waals surface area contributed by atoms with E-state index >= 15 is 0 Å². The zero-order chi connectivity index (χ0) is 22.1. The van der Waals surface area contributed by atoms with Crippen LogP contribution in [0, 0.1) is 5.92 Å². The number of ether oxygens (including phenoxy) is 1. The second kappa shape index (κ2) is 8.44. The molecular formula is C19H24N4O6S. The fraction of sp³-hybridized carbons (Fsp3) is 0.421. The van der Waals surface area contributed by atoms with Gasteiger partial charge in [0.2, 0.25) is 21.8 Å². The minimum Gasteiger partial charge on any atom is -0.476 e. The zero-order valence-corrected chi connectivity index (χ0v) is 17.7. The molecule has 0 bridgehead atoms. The van der Waals surface area contributed by atoms with Gasteiger partial charge in [-0.1, -0.05) is 6.92 Å². The number of hydrogen-bond donors (Lipinski definition) is 3. The van der Waals surface area contributed by atoms with Crippen LogP contribution in [0.3, 0.4) is 0 Å². The highest BCUT2D eigenvalue weighted by molar-refractivity contribution is 7.89. The highest BCUT2D eigenvalue weighted by Gasteiger charge is 2.30. The molecule has 1 atom stereocenters. The third-order valence-electron chi connectivity index (χ3n) is 4.69. The van der Waals surface area contributed by atoms with Crippen LogP contribution in [0.25, 0.3) is 0 Å². The minimum atomic E-state index is -3.98. The lowest BCUT2D eigenvalue weighted by molar-refractivity contribution is -0.117. The molecule has 1 aromatic carbocycles. The van der Waals surface area contributed by atoms with Crippen LogP contribution < -0.4 is 14.8 Å². The van der Waals surface area contributed by atoms with E-state index < -0.39 is 16.0 Å². The third kappa shape index (κ3) is 4.97. The Morgan fingerprint density at radius 3 is 2.60 bits per heavy atom. The van der Waals surface area contributed by atoms with Gasteiger partial charge in [-0.2, -0.15) is 5.10 Å². The van der Waals surface area contributed by atoms with Crippen molar-refractivity contribution < 1.29 is 27.9 Å². The lowest BCUT2D eigenvalue weighted by Gasteiger charge is -2.16. The maximum Gasteiger partial charge on any atom is 0.356 e. The number of hydrogen-bond acceptors (Lipinski definition) is 6. The highest BCUT2D eigenvalue weighted by Crippen LogP contribution is 2.34. The van der Waals surface area contributed by atoms with Crippen LogP contribution >= 0.6 is 0 Å². The summed E-state index contributed by atoms with van der Waals surface area (Å²) in [6.07, 6.45) is 2.22. The summed E-state index contributed by atoms with van der Waals surface area (Å²) >= 11 is 0. The first-order valence-corrected chi connectivity index (χ1v) is 11.0. The van der Waals surface area contributed by atoms with Crippen LogP contribution in [0.15, 0.2) is 29.2 Å². The second-order valence-corrected chi connectivity index (χ2v) is 8.94. The van der Waals surface area contributed by atoms with Crippen molar-refractivity contribution in [2.45, 2.75) is 44.0 Å². The topological polar surface area (TPSA) is 140 Å². The van der Waals surface area contributed by atoms with Crippen molar-refractivity contribution in [2.24, 2.45) is 13.0 Å². The number of rotatable bonds is 9. The largest absolute Gasteiger partial charge is 0.476 e. The van der Waals surface area contributed by atoms with Gasteiger partial charge in [-0.15, -0.1) is 0 Å². The molecule has 0 unspecified atom stereocenters. The van der Waals surface area contributed by atoms with Crippen LogP contribution in [0.1, 0.15) is 43.6 Å². The van der Waals surface area contributed by atoms with Gasteiger partial charge >= 0.3 is 5.97 Å². The van der Waals surface area contributed by atoms with Gasteiger partial charge in [0.15, 0.2) is 5.69 Å². The fourth-order valence-electron chi connectivity index (χ4n) is 2.64. The SMILES string of the molecule is CC[C@@H](C)NS(=O)(=O)c1cc(NC(=O)C2CC2)ccc1Oc1cc(C(=O)O)nn1C. The van der Waals surface area contributed by atoms with Crippen LogP contribution in [0.5, 0.6) is 11.6 Å². The molecule has 2 aromatic rings. The van der Waals surface area contributed by atoms with Gasteiger partial charge in [-0.3, -0.25) is 4.79 Å². The van der Waals surface area contributed by atoms with E-state index in [9.17, 15) is 18.0 Å². The number of carbonyl (C=O) groups is 2. The molecule has 11 heteroatoms. The predicted octanol–water partition coefficient (Wildman–Crippen LogP) is 2.34. The summed E-state index contributed by atoms with van der Waals surface area (Å²) in [4.78, 5) is 23.0. The molecule has 1 saturated carbocycles. The summed E-state index contributed by atoms with van der Waals surface area (Å²) in [6, 6.07) is 5.16. The van der Waals surface area contributed by atoms with Gasteiger partial charge in [0, 0.05) is 30.8 Å². The van der Waals surface area contributed by atoms with E-state index in [1.165, 1.54) is 36.0 Å². The number of carboxylic acids is 1. The summed E-state index contributed by atoms with van der Waals surface area (Å²) in [7, 11) is -2.50. The van der Waals surface area contributed by atoms with E-state index in [0.29, 0.717) is 12.1 Å². The first-order valence-electron chi connectivity index (χ1n) is 9.53. The van der Waals surface area contributed by atoms with Gasteiger partial charge in [-0.25, -0.2) is 22.6 Å². The van der Waals surface area contributed by atoms with E-state index in [-0.39, 0.29) is 40.1 Å². The van der Waals surface area contributed by atoms with Crippen LogP contribution in [0.2, 0.25) is 0 Å². The molecule has 1 amide bonds. The van der Waals surface area contributed by atoms with E-state index in [2.05, 4.69) is 15.1 Å². The summed E-state index contributed by atoms with van der Waals surface area (Å²) in [5.41, 5.74) is 0.1000. The normalized spacial score (nSPS) is 14.9. The summed E-state index contributed by atoms with van der Waals surface area (Å²) < 4.78 is 35.4. The summed E-state index contributed by atoms with van der Waals surface area (Å²) in [5.74, 6) is -1.38. The number of sulfonamides is 1. The molecule has 10 nitrogen and oxygen atoms in total. The number of carboxylic acid groups (broad SMARTS) is 1. The average Bonchev–Trinajstić information content (AvgIpc) is 3.46. The summed E-state index contributed by atoms with van der Waals surface area (Å²) in [6.45, 7) is 3.58. The predicted molar refractivity (Wildman–Crippen MR) is 108 cm³/mol. The Kier molecular flexibility index (Phi) is 6.13. The maximum absolute atomic E-state index is 13.0. The Morgan fingerprint density at radius 1 is 1.33 bits per heavy atom. The molecular weight excluding hydrogens is 412 g/mol. The Balaban J connectivity index is 1.98. The molecule has 1 fully saturated rings. The highest BCUT2D eigenvalue weighted by atomic mass is 32.2. The molecule has 30 heavy (non-hydrogen) atoms. The van der Waals surface area contributed by atoms with Gasteiger partial charge < -0.3 is 15.2 Å². The first-order chi connectivity index (χ1) is 14.1. The fourth-order valence-corrected chi connectivity index (χ4v) is 4.12. The van der Waals surface area contributed by atoms with E-state index in [4.69, 9.17) is 9.84 Å². The Labute approximate surface area is 174 Å². The molecule has 1 aromatic heterocycles. The van der Waals surface area contributed by atoms with Crippen LogP contribution in [0.4, 0.5) is 5.69 Å². The zero-order valence-electron chi connectivity index (χ0n) is 16.9. The molecule has 162 valence electrons. The van der Waals surface area contributed by atoms with E-state index in [1.54, 1.807) is 6.92 Å². The monoisotopic (exact) mass is 436 g/mol. The van der Waals surface area contributed by atoms with Crippen molar-refractivity contribution in [3.63, 3.8) is 0 Å². The number of benzene rings is 1. The molecule has 0 spiro atoms. The Bertz CT molecular complexity index is 1070. The number of anilines is 1. The average molecular weight is 436 g/mol. The van der Waals surface area contributed by atoms with E-state index in [1.807, 2.05) is 6.92 Å². The number of nitrogens with one attached hydrogen (secondary N) is 2. The van der Waals surface area contributed by atoms with Crippen molar-refractivity contribution in [1.82, 2.24) is 14.5 Å². The smallest absolute Gasteiger partial charge is 0.356 e. The van der Waals surface area contributed by atoms with Gasteiger partial charge in [-0.05, 0) is 44.4 Å².